The van der Waals surface area contributed by atoms with Crippen molar-refractivity contribution >= 4 is 11.7 Å². The summed E-state index contributed by atoms with van der Waals surface area (Å²) in [6, 6.07) is 6.01. The second-order valence-corrected chi connectivity index (χ2v) is 7.21. The van der Waals surface area contributed by atoms with Crippen LogP contribution >= 0.6 is 0 Å². The molecule has 2 unspecified atom stereocenters. The van der Waals surface area contributed by atoms with E-state index < -0.39 is 0 Å². The Labute approximate surface area is 149 Å². The molecule has 1 N–H and O–H groups in total. The minimum atomic E-state index is 0.0503. The maximum atomic E-state index is 12.5. The van der Waals surface area contributed by atoms with Gasteiger partial charge in [0.15, 0.2) is 5.78 Å². The maximum absolute atomic E-state index is 12.5. The molecule has 0 aliphatic carbocycles. The summed E-state index contributed by atoms with van der Waals surface area (Å²) in [6.07, 6.45) is 2.63. The van der Waals surface area contributed by atoms with Gasteiger partial charge < -0.3 is 15.0 Å². The van der Waals surface area contributed by atoms with Crippen molar-refractivity contribution in [1.82, 2.24) is 10.2 Å². The normalized spacial score (nSPS) is 23.7. The van der Waals surface area contributed by atoms with Gasteiger partial charge in [-0.1, -0.05) is 12.1 Å². The van der Waals surface area contributed by atoms with Crippen LogP contribution in [-0.2, 0) is 22.4 Å². The van der Waals surface area contributed by atoms with E-state index in [2.05, 4.69) is 11.4 Å². The van der Waals surface area contributed by atoms with E-state index in [0.717, 1.165) is 31.5 Å². The van der Waals surface area contributed by atoms with E-state index in [1.165, 1.54) is 11.1 Å². The average Bonchev–Trinajstić information content (AvgIpc) is 2.83. The Morgan fingerprint density at radius 1 is 1.08 bits per heavy atom. The van der Waals surface area contributed by atoms with Gasteiger partial charge in [0.05, 0.1) is 12.2 Å². The number of rotatable bonds is 4. The van der Waals surface area contributed by atoms with Crippen LogP contribution in [0.3, 0.4) is 0 Å². The van der Waals surface area contributed by atoms with Crippen molar-refractivity contribution in [1.29, 1.82) is 0 Å². The van der Waals surface area contributed by atoms with Gasteiger partial charge in [-0.3, -0.25) is 9.59 Å². The number of ketones is 1. The van der Waals surface area contributed by atoms with Crippen LogP contribution in [-0.4, -0.2) is 55.0 Å². The molecule has 2 aliphatic rings. The van der Waals surface area contributed by atoms with Gasteiger partial charge in [0.25, 0.3) is 0 Å². The molecule has 5 nitrogen and oxygen atoms in total. The Bertz CT molecular complexity index is 634. The van der Waals surface area contributed by atoms with Gasteiger partial charge in [-0.15, -0.1) is 0 Å². The van der Waals surface area contributed by atoms with Crippen molar-refractivity contribution < 1.29 is 14.3 Å². The highest BCUT2D eigenvalue weighted by Crippen LogP contribution is 2.18. The maximum Gasteiger partial charge on any atom is 0.223 e. The summed E-state index contributed by atoms with van der Waals surface area (Å²) < 4.78 is 5.66. The molecule has 5 heteroatoms. The van der Waals surface area contributed by atoms with E-state index in [-0.39, 0.29) is 36.7 Å². The van der Waals surface area contributed by atoms with Crippen molar-refractivity contribution in [2.45, 2.75) is 51.7 Å². The van der Waals surface area contributed by atoms with Crippen molar-refractivity contribution in [2.75, 3.05) is 26.2 Å². The monoisotopic (exact) mass is 344 g/mol. The Morgan fingerprint density at radius 3 is 2.48 bits per heavy atom. The number of carbonyl (C=O) groups excluding carboxylic acids is 2. The van der Waals surface area contributed by atoms with Crippen LogP contribution in [0, 0.1) is 0 Å². The van der Waals surface area contributed by atoms with Crippen molar-refractivity contribution in [2.24, 2.45) is 0 Å². The molecule has 1 fully saturated rings. The zero-order valence-corrected chi connectivity index (χ0v) is 15.2. The second kappa shape index (κ2) is 8.11. The van der Waals surface area contributed by atoms with Gasteiger partial charge in [0.2, 0.25) is 5.91 Å². The minimum absolute atomic E-state index is 0.0503. The van der Waals surface area contributed by atoms with Gasteiger partial charge in [-0.05, 0) is 57.0 Å². The standard InChI is InChI=1S/C20H28N2O3/c1-14-12-22(13-15(2)25-14)20(24)6-5-19(23)18-4-3-16-7-9-21-10-8-17(16)11-18/h3-4,11,14-15,21H,5-10,12-13H2,1-2H3. The number of Topliss-reactive ketones (excluding diaryl/α,β-unsaturated/α-hetero) is 1. The lowest BCUT2D eigenvalue weighted by atomic mass is 9.97. The molecule has 2 atom stereocenters. The van der Waals surface area contributed by atoms with Gasteiger partial charge in [0.1, 0.15) is 0 Å². The van der Waals surface area contributed by atoms with Crippen LogP contribution in [0.15, 0.2) is 18.2 Å². The molecule has 2 aliphatic heterocycles. The van der Waals surface area contributed by atoms with Gasteiger partial charge >= 0.3 is 0 Å². The Hall–Kier alpha value is -1.72. The van der Waals surface area contributed by atoms with Crippen LogP contribution in [0.25, 0.3) is 0 Å². The highest BCUT2D eigenvalue weighted by atomic mass is 16.5. The lowest BCUT2D eigenvalue weighted by Gasteiger charge is -2.35. The molecular weight excluding hydrogens is 316 g/mol. The summed E-state index contributed by atoms with van der Waals surface area (Å²) in [5, 5.41) is 3.38. The summed E-state index contributed by atoms with van der Waals surface area (Å²) in [7, 11) is 0. The SMILES string of the molecule is CC1CN(C(=O)CCC(=O)c2ccc3c(c2)CCNCC3)CC(C)O1. The summed E-state index contributed by atoms with van der Waals surface area (Å²) >= 11 is 0. The van der Waals surface area contributed by atoms with Crippen LogP contribution in [0.1, 0.15) is 48.2 Å². The second-order valence-electron chi connectivity index (χ2n) is 7.21. The number of ether oxygens (including phenoxy) is 1. The van der Waals surface area contributed by atoms with Crippen molar-refractivity contribution in [3.05, 3.63) is 34.9 Å². The fourth-order valence-electron chi connectivity index (χ4n) is 3.75. The predicted molar refractivity (Wildman–Crippen MR) is 96.9 cm³/mol. The molecule has 3 rings (SSSR count). The Morgan fingerprint density at radius 2 is 1.76 bits per heavy atom. The number of morpholine rings is 1. The Kier molecular flexibility index (Phi) is 5.86. The highest BCUT2D eigenvalue weighted by molar-refractivity contribution is 5.98. The highest BCUT2D eigenvalue weighted by Gasteiger charge is 2.26. The summed E-state index contributed by atoms with van der Waals surface area (Å²) in [5.41, 5.74) is 3.32. The third-order valence-electron chi connectivity index (χ3n) is 5.01. The largest absolute Gasteiger partial charge is 0.372 e. The molecule has 0 aromatic heterocycles. The van der Waals surface area contributed by atoms with Crippen LogP contribution < -0.4 is 5.32 Å². The summed E-state index contributed by atoms with van der Waals surface area (Å²) in [5.74, 6) is 0.108. The van der Waals surface area contributed by atoms with Crippen molar-refractivity contribution in [3.8, 4) is 0 Å². The van der Waals surface area contributed by atoms with Gasteiger partial charge in [0, 0.05) is 31.5 Å². The molecule has 0 radical (unpaired) electrons. The molecule has 1 aromatic carbocycles. The first-order valence-electron chi connectivity index (χ1n) is 9.32. The van der Waals surface area contributed by atoms with Crippen LogP contribution in [0.2, 0.25) is 0 Å². The summed E-state index contributed by atoms with van der Waals surface area (Å²) in [6.45, 7) is 7.13. The molecule has 1 aromatic rings. The fourth-order valence-corrected chi connectivity index (χ4v) is 3.75. The van der Waals surface area contributed by atoms with E-state index in [4.69, 9.17) is 4.74 Å². The fraction of sp³-hybridized carbons (Fsp3) is 0.600. The third-order valence-corrected chi connectivity index (χ3v) is 5.01. The molecule has 0 saturated carbocycles. The molecule has 2 heterocycles. The molecule has 136 valence electrons. The smallest absolute Gasteiger partial charge is 0.223 e. The molecule has 25 heavy (non-hydrogen) atoms. The van der Waals surface area contributed by atoms with Crippen molar-refractivity contribution in [3.63, 3.8) is 0 Å². The van der Waals surface area contributed by atoms with E-state index in [1.807, 2.05) is 30.9 Å². The Balaban J connectivity index is 1.57. The van der Waals surface area contributed by atoms with Gasteiger partial charge in [-0.2, -0.15) is 0 Å². The summed E-state index contributed by atoms with van der Waals surface area (Å²) in [4.78, 5) is 26.8. The first-order chi connectivity index (χ1) is 12.0. The lowest BCUT2D eigenvalue weighted by molar-refractivity contribution is -0.143. The first kappa shape index (κ1) is 18.1. The number of nitrogens with one attached hydrogen (secondary N) is 1. The predicted octanol–water partition coefficient (Wildman–Crippen LogP) is 1.97. The van der Waals surface area contributed by atoms with E-state index in [0.29, 0.717) is 13.1 Å². The zero-order chi connectivity index (χ0) is 17.8. The average molecular weight is 344 g/mol. The van der Waals surface area contributed by atoms with Crippen LogP contribution in [0.5, 0.6) is 0 Å². The first-order valence-corrected chi connectivity index (χ1v) is 9.32. The van der Waals surface area contributed by atoms with E-state index in [9.17, 15) is 9.59 Å². The quantitative estimate of drug-likeness (QED) is 0.849. The number of nitrogens with zero attached hydrogens (tertiary/aromatic N) is 1. The molecule has 1 saturated heterocycles. The number of fused-ring (bicyclic) bond motifs is 1. The molecule has 1 amide bonds. The topological polar surface area (TPSA) is 58.6 Å². The lowest BCUT2D eigenvalue weighted by Crippen LogP contribution is -2.48. The zero-order valence-electron chi connectivity index (χ0n) is 15.2. The van der Waals surface area contributed by atoms with Crippen LogP contribution in [0.4, 0.5) is 0 Å². The molecule has 0 spiro atoms. The number of benzene rings is 1. The number of carbonyl (C=O) groups is 2. The third kappa shape index (κ3) is 4.67. The van der Waals surface area contributed by atoms with E-state index in [1.54, 1.807) is 0 Å². The number of hydrogen-bond acceptors (Lipinski definition) is 4. The molecular formula is C20H28N2O3. The number of amides is 1. The van der Waals surface area contributed by atoms with E-state index >= 15 is 0 Å². The number of hydrogen-bond donors (Lipinski definition) is 1. The van der Waals surface area contributed by atoms with Gasteiger partial charge in [-0.25, -0.2) is 0 Å². The minimum Gasteiger partial charge on any atom is -0.372 e. The molecule has 0 bridgehead atoms.